The molecule has 37 heavy (non-hydrogen) atoms. The molecule has 0 aliphatic heterocycles. The summed E-state index contributed by atoms with van der Waals surface area (Å²) in [6.07, 6.45) is 0. The Labute approximate surface area is 228 Å². The third-order valence-electron chi connectivity index (χ3n) is 6.83. The lowest BCUT2D eigenvalue weighted by atomic mass is 9.92. The van der Waals surface area contributed by atoms with Gasteiger partial charge in [0.2, 0.25) is 0 Å². The summed E-state index contributed by atoms with van der Waals surface area (Å²) < 4.78 is 1.06. The average Bonchev–Trinajstić information content (AvgIpc) is 2.93. The van der Waals surface area contributed by atoms with E-state index in [2.05, 4.69) is 155 Å². The predicted octanol–water partition coefficient (Wildman–Crippen LogP) is 7.82. The Morgan fingerprint density at radius 3 is 2.08 bits per heavy atom. The SMILES string of the molecule is CN(CCN(C)C(c1ccccc1)c1cc2cc(Br)ccc2nc1-c1ccccc1)Cc1ccccc1. The van der Waals surface area contributed by atoms with Crippen molar-refractivity contribution < 1.29 is 0 Å². The number of halogens is 1. The number of hydrogen-bond acceptors (Lipinski definition) is 3. The van der Waals surface area contributed by atoms with Crippen molar-refractivity contribution in [3.8, 4) is 11.3 Å². The fourth-order valence-corrected chi connectivity index (χ4v) is 5.32. The molecule has 0 amide bonds. The molecule has 0 bridgehead atoms. The van der Waals surface area contributed by atoms with E-state index in [1.165, 1.54) is 16.7 Å². The molecular formula is C33H32BrN3. The molecule has 1 aromatic heterocycles. The van der Waals surface area contributed by atoms with Gasteiger partial charge in [0, 0.05) is 40.6 Å². The molecule has 1 atom stereocenters. The van der Waals surface area contributed by atoms with E-state index in [-0.39, 0.29) is 6.04 Å². The largest absolute Gasteiger partial charge is 0.301 e. The Bertz CT molecular complexity index is 1440. The highest BCUT2D eigenvalue weighted by Gasteiger charge is 2.24. The van der Waals surface area contributed by atoms with Crippen molar-refractivity contribution >= 4 is 26.8 Å². The van der Waals surface area contributed by atoms with Crippen LogP contribution in [0.4, 0.5) is 0 Å². The van der Waals surface area contributed by atoms with E-state index in [9.17, 15) is 0 Å². The van der Waals surface area contributed by atoms with Gasteiger partial charge in [-0.05, 0) is 49.5 Å². The van der Waals surface area contributed by atoms with Gasteiger partial charge in [-0.15, -0.1) is 0 Å². The zero-order valence-electron chi connectivity index (χ0n) is 21.4. The molecule has 4 heteroatoms. The van der Waals surface area contributed by atoms with Crippen LogP contribution in [0.3, 0.4) is 0 Å². The Morgan fingerprint density at radius 1 is 0.730 bits per heavy atom. The van der Waals surface area contributed by atoms with Crippen LogP contribution >= 0.6 is 15.9 Å². The number of fused-ring (bicyclic) bond motifs is 1. The molecule has 5 rings (SSSR count). The first-order chi connectivity index (χ1) is 18.1. The molecule has 0 saturated carbocycles. The number of pyridine rings is 1. The minimum atomic E-state index is 0.0670. The number of aromatic nitrogens is 1. The number of nitrogens with zero attached hydrogens (tertiary/aromatic N) is 3. The van der Waals surface area contributed by atoms with Crippen LogP contribution in [0.25, 0.3) is 22.2 Å². The van der Waals surface area contributed by atoms with E-state index in [0.29, 0.717) is 0 Å². The molecule has 0 radical (unpaired) electrons. The highest BCUT2D eigenvalue weighted by molar-refractivity contribution is 9.10. The van der Waals surface area contributed by atoms with Crippen molar-refractivity contribution in [3.05, 3.63) is 136 Å². The Hall–Kier alpha value is -3.31. The maximum Gasteiger partial charge on any atom is 0.0761 e. The summed E-state index contributed by atoms with van der Waals surface area (Å²) in [6, 6.07) is 40.8. The van der Waals surface area contributed by atoms with Crippen molar-refractivity contribution in [2.24, 2.45) is 0 Å². The average molecular weight is 551 g/mol. The van der Waals surface area contributed by atoms with Gasteiger partial charge in [0.1, 0.15) is 0 Å². The number of rotatable bonds is 9. The second kappa shape index (κ2) is 11.8. The summed E-state index contributed by atoms with van der Waals surface area (Å²) in [5, 5.41) is 1.14. The van der Waals surface area contributed by atoms with Crippen molar-refractivity contribution in [2.45, 2.75) is 12.6 Å². The summed E-state index contributed by atoms with van der Waals surface area (Å²) in [5.74, 6) is 0. The van der Waals surface area contributed by atoms with Crippen molar-refractivity contribution in [2.75, 3.05) is 27.2 Å². The first-order valence-electron chi connectivity index (χ1n) is 12.7. The van der Waals surface area contributed by atoms with Crippen LogP contribution in [-0.2, 0) is 6.54 Å². The normalized spacial score (nSPS) is 12.4. The second-order valence-electron chi connectivity index (χ2n) is 9.65. The zero-order valence-corrected chi connectivity index (χ0v) is 23.0. The molecule has 4 aromatic carbocycles. The molecular weight excluding hydrogens is 518 g/mol. The lowest BCUT2D eigenvalue weighted by Gasteiger charge is -2.32. The molecule has 3 nitrogen and oxygen atoms in total. The van der Waals surface area contributed by atoms with Crippen LogP contribution in [0, 0.1) is 0 Å². The highest BCUT2D eigenvalue weighted by atomic mass is 79.9. The number of hydrogen-bond donors (Lipinski definition) is 0. The van der Waals surface area contributed by atoms with E-state index in [4.69, 9.17) is 4.98 Å². The van der Waals surface area contributed by atoms with Crippen LogP contribution in [0.1, 0.15) is 22.7 Å². The van der Waals surface area contributed by atoms with Gasteiger partial charge in [-0.3, -0.25) is 4.90 Å². The maximum atomic E-state index is 5.21. The molecule has 1 unspecified atom stereocenters. The van der Waals surface area contributed by atoms with Gasteiger partial charge in [0.15, 0.2) is 0 Å². The van der Waals surface area contributed by atoms with E-state index in [1.807, 2.05) is 0 Å². The van der Waals surface area contributed by atoms with Crippen LogP contribution < -0.4 is 0 Å². The lowest BCUT2D eigenvalue weighted by Crippen LogP contribution is -2.34. The smallest absolute Gasteiger partial charge is 0.0761 e. The predicted molar refractivity (Wildman–Crippen MR) is 159 cm³/mol. The van der Waals surface area contributed by atoms with Crippen LogP contribution in [0.2, 0.25) is 0 Å². The van der Waals surface area contributed by atoms with E-state index in [1.54, 1.807) is 0 Å². The van der Waals surface area contributed by atoms with Gasteiger partial charge in [-0.2, -0.15) is 0 Å². The summed E-state index contributed by atoms with van der Waals surface area (Å²) in [5.41, 5.74) is 7.00. The first kappa shape index (κ1) is 25.3. The van der Waals surface area contributed by atoms with Gasteiger partial charge >= 0.3 is 0 Å². The van der Waals surface area contributed by atoms with Gasteiger partial charge in [-0.25, -0.2) is 4.98 Å². The summed E-state index contributed by atoms with van der Waals surface area (Å²) in [6.45, 7) is 2.82. The molecule has 0 saturated heterocycles. The van der Waals surface area contributed by atoms with Gasteiger partial charge in [0.25, 0.3) is 0 Å². The minimum Gasteiger partial charge on any atom is -0.301 e. The fraction of sp³-hybridized carbons (Fsp3) is 0.182. The first-order valence-corrected chi connectivity index (χ1v) is 13.5. The van der Waals surface area contributed by atoms with Gasteiger partial charge < -0.3 is 4.90 Å². The van der Waals surface area contributed by atoms with Crippen molar-refractivity contribution in [1.82, 2.24) is 14.8 Å². The van der Waals surface area contributed by atoms with Crippen LogP contribution in [0.5, 0.6) is 0 Å². The standard InChI is InChI=1S/C33H32BrN3/c1-36(24-25-12-6-3-7-13-25)20-21-37(2)33(27-16-10-5-11-17-27)30-23-28-22-29(34)18-19-31(28)35-32(30)26-14-8-4-9-15-26/h3-19,22-23,33H,20-21,24H2,1-2H3. The molecule has 0 fully saturated rings. The molecule has 0 N–H and O–H groups in total. The summed E-state index contributed by atoms with van der Waals surface area (Å²) in [7, 11) is 4.43. The molecule has 1 heterocycles. The lowest BCUT2D eigenvalue weighted by molar-refractivity contribution is 0.223. The summed E-state index contributed by atoms with van der Waals surface area (Å²) in [4.78, 5) is 10.1. The maximum absolute atomic E-state index is 5.21. The van der Waals surface area contributed by atoms with Gasteiger partial charge in [-0.1, -0.05) is 107 Å². The van der Waals surface area contributed by atoms with E-state index < -0.39 is 0 Å². The van der Waals surface area contributed by atoms with E-state index >= 15 is 0 Å². The number of benzene rings is 4. The van der Waals surface area contributed by atoms with Crippen LogP contribution in [0.15, 0.2) is 120 Å². The van der Waals surface area contributed by atoms with Crippen LogP contribution in [-0.4, -0.2) is 42.0 Å². The molecule has 186 valence electrons. The topological polar surface area (TPSA) is 19.4 Å². The monoisotopic (exact) mass is 549 g/mol. The van der Waals surface area contributed by atoms with Gasteiger partial charge in [0.05, 0.1) is 17.3 Å². The Kier molecular flexibility index (Phi) is 8.10. The number of likely N-dealkylation sites (N-methyl/N-ethyl adjacent to an activating group) is 2. The summed E-state index contributed by atoms with van der Waals surface area (Å²) >= 11 is 3.66. The quantitative estimate of drug-likeness (QED) is 0.187. The van der Waals surface area contributed by atoms with Crippen molar-refractivity contribution in [3.63, 3.8) is 0 Å². The molecule has 0 aliphatic carbocycles. The van der Waals surface area contributed by atoms with Crippen molar-refractivity contribution in [1.29, 1.82) is 0 Å². The molecule has 5 aromatic rings. The second-order valence-corrected chi connectivity index (χ2v) is 10.6. The Balaban J connectivity index is 1.53. The zero-order chi connectivity index (χ0) is 25.6. The van der Waals surface area contributed by atoms with E-state index in [0.717, 1.165) is 46.3 Å². The fourth-order valence-electron chi connectivity index (χ4n) is 4.94. The minimum absolute atomic E-state index is 0.0670. The highest BCUT2D eigenvalue weighted by Crippen LogP contribution is 2.36. The Morgan fingerprint density at radius 2 is 1.38 bits per heavy atom. The third-order valence-corrected chi connectivity index (χ3v) is 7.33. The molecule has 0 spiro atoms. The third kappa shape index (κ3) is 6.16. The molecule has 0 aliphatic rings.